The van der Waals surface area contributed by atoms with Crippen molar-refractivity contribution in [3.8, 4) is 0 Å². The van der Waals surface area contributed by atoms with Crippen LogP contribution in [0.2, 0.25) is 0 Å². The van der Waals surface area contributed by atoms with Crippen LogP contribution in [-0.4, -0.2) is 6.04 Å². The fourth-order valence-electron chi connectivity index (χ4n) is 2.33. The number of benzene rings is 1. The van der Waals surface area contributed by atoms with Gasteiger partial charge in [0.1, 0.15) is 5.82 Å². The third-order valence-electron chi connectivity index (χ3n) is 3.10. The van der Waals surface area contributed by atoms with Gasteiger partial charge in [-0.15, -0.1) is 0 Å². The van der Waals surface area contributed by atoms with Crippen LogP contribution in [-0.2, 0) is 6.54 Å². The molecule has 0 aliphatic carbocycles. The van der Waals surface area contributed by atoms with Crippen molar-refractivity contribution in [1.29, 1.82) is 0 Å². The second-order valence-corrected chi connectivity index (χ2v) is 6.99. The van der Waals surface area contributed by atoms with Gasteiger partial charge in [0.2, 0.25) is 0 Å². The number of halogens is 2. The predicted octanol–water partition coefficient (Wildman–Crippen LogP) is 5.14. The molecule has 0 aliphatic rings. The molecule has 0 radical (unpaired) electrons. The molecule has 0 aliphatic heterocycles. The normalized spacial score (nSPS) is 11.8. The standard InChI is InChI=1S/C16H25BrFN/c1-11(2)7-15(8-12(3)4)19-10-13-9-14(17)5-6-16(13)18/h5-6,9,11-12,15,19H,7-8,10H2,1-4H3. The van der Waals surface area contributed by atoms with Crippen LogP contribution < -0.4 is 5.32 Å². The molecule has 0 atom stereocenters. The average Bonchev–Trinajstić information content (AvgIpc) is 2.28. The topological polar surface area (TPSA) is 12.0 Å². The van der Waals surface area contributed by atoms with E-state index < -0.39 is 0 Å². The van der Waals surface area contributed by atoms with Crippen LogP contribution in [0.3, 0.4) is 0 Å². The first-order valence-corrected chi connectivity index (χ1v) is 7.85. The molecule has 1 N–H and O–H groups in total. The molecule has 1 aromatic carbocycles. The van der Waals surface area contributed by atoms with Crippen LogP contribution in [0.15, 0.2) is 22.7 Å². The average molecular weight is 330 g/mol. The van der Waals surface area contributed by atoms with E-state index in [4.69, 9.17) is 0 Å². The molecule has 0 spiro atoms. The first kappa shape index (κ1) is 16.6. The Kier molecular flexibility index (Phi) is 7.01. The SMILES string of the molecule is CC(C)CC(CC(C)C)NCc1cc(Br)ccc1F. The molecule has 19 heavy (non-hydrogen) atoms. The van der Waals surface area contributed by atoms with Gasteiger partial charge in [0.15, 0.2) is 0 Å². The zero-order chi connectivity index (χ0) is 14.4. The summed E-state index contributed by atoms with van der Waals surface area (Å²) >= 11 is 3.39. The summed E-state index contributed by atoms with van der Waals surface area (Å²) in [6.07, 6.45) is 2.27. The predicted molar refractivity (Wildman–Crippen MR) is 83.6 cm³/mol. The minimum Gasteiger partial charge on any atom is -0.310 e. The second-order valence-electron chi connectivity index (χ2n) is 6.07. The van der Waals surface area contributed by atoms with E-state index in [0.717, 1.165) is 22.9 Å². The summed E-state index contributed by atoms with van der Waals surface area (Å²) in [6.45, 7) is 9.52. The molecular formula is C16H25BrFN. The zero-order valence-corrected chi connectivity index (χ0v) is 13.9. The van der Waals surface area contributed by atoms with Gasteiger partial charge in [-0.3, -0.25) is 0 Å². The minimum absolute atomic E-state index is 0.136. The van der Waals surface area contributed by atoms with Crippen molar-refractivity contribution in [2.45, 2.75) is 53.1 Å². The molecule has 3 heteroatoms. The van der Waals surface area contributed by atoms with E-state index in [1.165, 1.54) is 6.07 Å². The second kappa shape index (κ2) is 8.01. The summed E-state index contributed by atoms with van der Waals surface area (Å²) in [5.74, 6) is 1.18. The molecule has 1 rings (SSSR count). The Hall–Kier alpha value is -0.410. The molecule has 0 aromatic heterocycles. The highest BCUT2D eigenvalue weighted by atomic mass is 79.9. The van der Waals surface area contributed by atoms with Crippen molar-refractivity contribution in [2.24, 2.45) is 11.8 Å². The van der Waals surface area contributed by atoms with Gasteiger partial charge in [-0.1, -0.05) is 43.6 Å². The molecule has 0 saturated heterocycles. The number of nitrogens with one attached hydrogen (secondary N) is 1. The van der Waals surface area contributed by atoms with Gasteiger partial charge in [0.25, 0.3) is 0 Å². The van der Waals surface area contributed by atoms with Crippen LogP contribution in [0.1, 0.15) is 46.1 Å². The van der Waals surface area contributed by atoms with E-state index in [-0.39, 0.29) is 5.82 Å². The lowest BCUT2D eigenvalue weighted by Gasteiger charge is -2.22. The molecule has 1 aromatic rings. The van der Waals surface area contributed by atoms with Crippen molar-refractivity contribution in [1.82, 2.24) is 5.32 Å². The van der Waals surface area contributed by atoms with E-state index in [9.17, 15) is 4.39 Å². The summed E-state index contributed by atoms with van der Waals surface area (Å²) in [5, 5.41) is 3.51. The molecular weight excluding hydrogens is 305 g/mol. The Morgan fingerprint density at radius 3 is 2.21 bits per heavy atom. The van der Waals surface area contributed by atoms with Crippen molar-refractivity contribution < 1.29 is 4.39 Å². The third-order valence-corrected chi connectivity index (χ3v) is 3.59. The molecule has 1 nitrogen and oxygen atoms in total. The van der Waals surface area contributed by atoms with Crippen molar-refractivity contribution in [2.75, 3.05) is 0 Å². The van der Waals surface area contributed by atoms with Crippen LogP contribution in [0.4, 0.5) is 4.39 Å². The van der Waals surface area contributed by atoms with Gasteiger partial charge in [-0.05, 0) is 42.9 Å². The van der Waals surface area contributed by atoms with Gasteiger partial charge in [0.05, 0.1) is 0 Å². The Balaban J connectivity index is 2.61. The lowest BCUT2D eigenvalue weighted by atomic mass is 9.95. The Morgan fingerprint density at radius 1 is 1.11 bits per heavy atom. The van der Waals surface area contributed by atoms with E-state index in [1.54, 1.807) is 6.07 Å². The Bertz CT molecular complexity index is 380. The summed E-state index contributed by atoms with van der Waals surface area (Å²) in [4.78, 5) is 0. The zero-order valence-electron chi connectivity index (χ0n) is 12.3. The fraction of sp³-hybridized carbons (Fsp3) is 0.625. The lowest BCUT2D eigenvalue weighted by molar-refractivity contribution is 0.356. The van der Waals surface area contributed by atoms with E-state index in [0.29, 0.717) is 24.4 Å². The van der Waals surface area contributed by atoms with Crippen LogP contribution in [0.5, 0.6) is 0 Å². The highest BCUT2D eigenvalue weighted by Gasteiger charge is 2.13. The van der Waals surface area contributed by atoms with Gasteiger partial charge < -0.3 is 5.32 Å². The molecule has 0 fully saturated rings. The van der Waals surface area contributed by atoms with Crippen molar-refractivity contribution in [3.63, 3.8) is 0 Å². The first-order chi connectivity index (χ1) is 8.88. The first-order valence-electron chi connectivity index (χ1n) is 7.05. The maximum absolute atomic E-state index is 13.7. The molecule has 0 saturated carbocycles. The highest BCUT2D eigenvalue weighted by molar-refractivity contribution is 9.10. The highest BCUT2D eigenvalue weighted by Crippen LogP contribution is 2.17. The van der Waals surface area contributed by atoms with Crippen molar-refractivity contribution in [3.05, 3.63) is 34.1 Å². The van der Waals surface area contributed by atoms with Crippen LogP contribution >= 0.6 is 15.9 Å². The Labute approximate surface area is 125 Å². The van der Waals surface area contributed by atoms with Crippen LogP contribution in [0.25, 0.3) is 0 Å². The van der Waals surface area contributed by atoms with Gasteiger partial charge >= 0.3 is 0 Å². The minimum atomic E-state index is -0.136. The summed E-state index contributed by atoms with van der Waals surface area (Å²) in [5.41, 5.74) is 0.729. The van der Waals surface area contributed by atoms with E-state index in [2.05, 4.69) is 48.9 Å². The van der Waals surface area contributed by atoms with Gasteiger partial charge in [-0.2, -0.15) is 0 Å². The Morgan fingerprint density at radius 2 is 1.68 bits per heavy atom. The summed E-state index contributed by atoms with van der Waals surface area (Å²) in [6, 6.07) is 5.56. The maximum atomic E-state index is 13.7. The van der Waals surface area contributed by atoms with Crippen LogP contribution in [0, 0.1) is 17.7 Å². The fourth-order valence-corrected chi connectivity index (χ4v) is 2.74. The van der Waals surface area contributed by atoms with Gasteiger partial charge in [0, 0.05) is 22.6 Å². The maximum Gasteiger partial charge on any atom is 0.127 e. The molecule has 0 heterocycles. The molecule has 0 bridgehead atoms. The summed E-state index contributed by atoms with van der Waals surface area (Å²) in [7, 11) is 0. The van der Waals surface area contributed by atoms with Gasteiger partial charge in [-0.25, -0.2) is 4.39 Å². The molecule has 0 unspecified atom stereocenters. The quantitative estimate of drug-likeness (QED) is 0.730. The smallest absolute Gasteiger partial charge is 0.127 e. The lowest BCUT2D eigenvalue weighted by Crippen LogP contribution is -2.31. The number of hydrogen-bond donors (Lipinski definition) is 1. The van der Waals surface area contributed by atoms with E-state index >= 15 is 0 Å². The molecule has 0 amide bonds. The number of hydrogen-bond acceptors (Lipinski definition) is 1. The molecule has 108 valence electrons. The largest absolute Gasteiger partial charge is 0.310 e. The van der Waals surface area contributed by atoms with Crippen molar-refractivity contribution >= 4 is 15.9 Å². The monoisotopic (exact) mass is 329 g/mol. The summed E-state index contributed by atoms with van der Waals surface area (Å²) < 4.78 is 14.6. The number of rotatable bonds is 7. The van der Waals surface area contributed by atoms with E-state index in [1.807, 2.05) is 6.07 Å². The third kappa shape index (κ3) is 6.53.